The van der Waals surface area contributed by atoms with Gasteiger partial charge >= 0.3 is 0 Å². The molecule has 0 bridgehead atoms. The molecule has 3 nitrogen and oxygen atoms in total. The van der Waals surface area contributed by atoms with Gasteiger partial charge < -0.3 is 10.0 Å². The van der Waals surface area contributed by atoms with Crippen LogP contribution in [0.15, 0.2) is 18.2 Å². The fraction of sp³-hybridized carbons (Fsp3) is 0.500. The van der Waals surface area contributed by atoms with Crippen LogP contribution in [0.3, 0.4) is 0 Å². The summed E-state index contributed by atoms with van der Waals surface area (Å²) in [6.45, 7) is 3.43. The van der Waals surface area contributed by atoms with Crippen LogP contribution in [0, 0.1) is 5.92 Å². The molecule has 2 rings (SSSR count). The summed E-state index contributed by atoms with van der Waals surface area (Å²) in [7, 11) is 0. The van der Waals surface area contributed by atoms with Crippen molar-refractivity contribution in [3.8, 4) is 5.75 Å². The number of hydrogen-bond donors (Lipinski definition) is 1. The van der Waals surface area contributed by atoms with Crippen molar-refractivity contribution in [3.05, 3.63) is 28.8 Å². The van der Waals surface area contributed by atoms with Crippen LogP contribution < -0.4 is 0 Å². The summed E-state index contributed by atoms with van der Waals surface area (Å²) in [5, 5.41) is 9.84. The van der Waals surface area contributed by atoms with Gasteiger partial charge in [0.25, 0.3) is 5.91 Å². The van der Waals surface area contributed by atoms with Gasteiger partial charge in [-0.05, 0) is 43.9 Å². The quantitative estimate of drug-likeness (QED) is 0.909. The average Bonchev–Trinajstić information content (AvgIpc) is 2.30. The Hall–Kier alpha value is -1.22. The average molecular weight is 268 g/mol. The van der Waals surface area contributed by atoms with Crippen molar-refractivity contribution >= 4 is 17.5 Å². The van der Waals surface area contributed by atoms with E-state index in [1.807, 2.05) is 11.8 Å². The van der Waals surface area contributed by atoms with Crippen LogP contribution in [0.2, 0.25) is 5.02 Å². The van der Waals surface area contributed by atoms with Gasteiger partial charge in [-0.2, -0.15) is 0 Å². The first-order chi connectivity index (χ1) is 8.61. The molecular formula is C14H18ClNO2. The molecule has 98 valence electrons. The number of halogens is 1. The number of hydrogen-bond acceptors (Lipinski definition) is 2. The van der Waals surface area contributed by atoms with E-state index in [2.05, 4.69) is 0 Å². The maximum absolute atomic E-state index is 12.4. The van der Waals surface area contributed by atoms with Crippen LogP contribution in [-0.4, -0.2) is 29.0 Å². The van der Waals surface area contributed by atoms with Gasteiger partial charge in [-0.3, -0.25) is 4.79 Å². The molecular weight excluding hydrogens is 250 g/mol. The van der Waals surface area contributed by atoms with Gasteiger partial charge in [0.15, 0.2) is 0 Å². The second-order valence-electron chi connectivity index (χ2n) is 4.80. The van der Waals surface area contributed by atoms with Gasteiger partial charge in [0, 0.05) is 13.1 Å². The summed E-state index contributed by atoms with van der Waals surface area (Å²) < 4.78 is 0. The van der Waals surface area contributed by atoms with Crippen molar-refractivity contribution in [2.24, 2.45) is 5.92 Å². The molecule has 0 aliphatic heterocycles. The fourth-order valence-electron chi connectivity index (χ4n) is 2.19. The van der Waals surface area contributed by atoms with Gasteiger partial charge in [-0.1, -0.05) is 18.0 Å². The zero-order valence-corrected chi connectivity index (χ0v) is 11.3. The number of carbonyl (C=O) groups excluding carboxylic acids is 1. The zero-order chi connectivity index (χ0) is 13.1. The Balaban J connectivity index is 2.14. The van der Waals surface area contributed by atoms with Gasteiger partial charge in [-0.25, -0.2) is 0 Å². The highest BCUT2D eigenvalue weighted by atomic mass is 35.5. The van der Waals surface area contributed by atoms with E-state index in [0.29, 0.717) is 23.0 Å². The predicted octanol–water partition coefficient (Wildman–Crippen LogP) is 3.31. The Bertz CT molecular complexity index is 443. The minimum absolute atomic E-state index is 0.0717. The molecule has 1 aromatic carbocycles. The van der Waals surface area contributed by atoms with Gasteiger partial charge in [0.2, 0.25) is 0 Å². The van der Waals surface area contributed by atoms with Crippen molar-refractivity contribution in [2.75, 3.05) is 13.1 Å². The van der Waals surface area contributed by atoms with E-state index < -0.39 is 0 Å². The van der Waals surface area contributed by atoms with Crippen LogP contribution in [0.4, 0.5) is 0 Å². The molecule has 0 saturated heterocycles. The maximum Gasteiger partial charge on any atom is 0.255 e. The maximum atomic E-state index is 12.4. The molecule has 0 unspecified atom stereocenters. The van der Waals surface area contributed by atoms with Gasteiger partial charge in [-0.15, -0.1) is 0 Å². The van der Waals surface area contributed by atoms with Crippen LogP contribution in [0.5, 0.6) is 5.75 Å². The third-order valence-electron chi connectivity index (χ3n) is 3.55. The molecule has 1 aromatic rings. The number of phenols is 1. The van der Waals surface area contributed by atoms with Crippen molar-refractivity contribution < 1.29 is 9.90 Å². The van der Waals surface area contributed by atoms with E-state index in [-0.39, 0.29) is 11.7 Å². The summed E-state index contributed by atoms with van der Waals surface area (Å²) in [5.74, 6) is 0.609. The monoisotopic (exact) mass is 267 g/mol. The molecule has 0 heterocycles. The standard InChI is InChI=1S/C14H18ClNO2/c1-2-16(9-10-4-3-5-10)14(18)12-8-11(17)6-7-13(12)15/h6-8,10,17H,2-5,9H2,1H3. The third kappa shape index (κ3) is 2.78. The minimum atomic E-state index is -0.0923. The Kier molecular flexibility index (Phi) is 4.12. The number of benzene rings is 1. The third-order valence-corrected chi connectivity index (χ3v) is 3.88. The molecule has 1 N–H and O–H groups in total. The number of carbonyl (C=O) groups is 1. The zero-order valence-electron chi connectivity index (χ0n) is 10.5. The van der Waals surface area contributed by atoms with E-state index in [1.165, 1.54) is 31.4 Å². The summed E-state index contributed by atoms with van der Waals surface area (Å²) >= 11 is 6.02. The van der Waals surface area contributed by atoms with Gasteiger partial charge in [0.05, 0.1) is 10.6 Å². The first-order valence-electron chi connectivity index (χ1n) is 6.39. The molecule has 0 radical (unpaired) electrons. The lowest BCUT2D eigenvalue weighted by atomic mass is 9.85. The first-order valence-corrected chi connectivity index (χ1v) is 6.77. The second kappa shape index (κ2) is 5.61. The molecule has 0 spiro atoms. The number of aromatic hydroxyl groups is 1. The van der Waals surface area contributed by atoms with Crippen LogP contribution in [0.25, 0.3) is 0 Å². The highest BCUT2D eigenvalue weighted by molar-refractivity contribution is 6.33. The predicted molar refractivity (Wildman–Crippen MR) is 72.0 cm³/mol. The SMILES string of the molecule is CCN(CC1CCC1)C(=O)c1cc(O)ccc1Cl. The fourth-order valence-corrected chi connectivity index (χ4v) is 2.39. The molecule has 0 aromatic heterocycles. The van der Waals surface area contributed by atoms with Gasteiger partial charge in [0.1, 0.15) is 5.75 Å². The topological polar surface area (TPSA) is 40.5 Å². The Morgan fingerprint density at radius 2 is 2.22 bits per heavy atom. The van der Waals surface area contributed by atoms with Crippen molar-refractivity contribution in [1.29, 1.82) is 0 Å². The number of nitrogens with zero attached hydrogens (tertiary/aromatic N) is 1. The first kappa shape index (κ1) is 13.2. The van der Waals surface area contributed by atoms with Crippen LogP contribution in [0.1, 0.15) is 36.5 Å². The molecule has 18 heavy (non-hydrogen) atoms. The van der Waals surface area contributed by atoms with E-state index in [4.69, 9.17) is 11.6 Å². The van der Waals surface area contributed by atoms with Crippen molar-refractivity contribution in [1.82, 2.24) is 4.90 Å². The van der Waals surface area contributed by atoms with E-state index in [9.17, 15) is 9.90 Å². The molecule has 0 atom stereocenters. The molecule has 1 amide bonds. The molecule has 1 saturated carbocycles. The highest BCUT2D eigenvalue weighted by Gasteiger charge is 2.24. The minimum Gasteiger partial charge on any atom is -0.508 e. The van der Waals surface area contributed by atoms with E-state index in [0.717, 1.165) is 6.54 Å². The summed E-state index contributed by atoms with van der Waals surface area (Å²) in [5.41, 5.74) is 0.387. The lowest BCUT2D eigenvalue weighted by Gasteiger charge is -2.32. The van der Waals surface area contributed by atoms with E-state index in [1.54, 1.807) is 6.07 Å². The normalized spacial score (nSPS) is 15.2. The second-order valence-corrected chi connectivity index (χ2v) is 5.21. The number of phenolic OH excluding ortho intramolecular Hbond substituents is 1. The molecule has 1 fully saturated rings. The lowest BCUT2D eigenvalue weighted by molar-refractivity contribution is 0.0706. The van der Waals surface area contributed by atoms with Crippen molar-refractivity contribution in [3.63, 3.8) is 0 Å². The molecule has 1 aliphatic carbocycles. The van der Waals surface area contributed by atoms with E-state index >= 15 is 0 Å². The van der Waals surface area contributed by atoms with Crippen LogP contribution >= 0.6 is 11.6 Å². The molecule has 4 heteroatoms. The van der Waals surface area contributed by atoms with Crippen LogP contribution in [-0.2, 0) is 0 Å². The summed E-state index contributed by atoms with van der Waals surface area (Å²) in [6, 6.07) is 4.48. The lowest BCUT2D eigenvalue weighted by Crippen LogP contribution is -2.37. The largest absolute Gasteiger partial charge is 0.508 e. The number of amides is 1. The Morgan fingerprint density at radius 1 is 1.50 bits per heavy atom. The summed E-state index contributed by atoms with van der Waals surface area (Å²) in [6.07, 6.45) is 3.68. The molecule has 1 aliphatic rings. The Labute approximate surface area is 112 Å². The summed E-state index contributed by atoms with van der Waals surface area (Å²) in [4.78, 5) is 14.2. The smallest absolute Gasteiger partial charge is 0.255 e. The highest BCUT2D eigenvalue weighted by Crippen LogP contribution is 2.28. The Morgan fingerprint density at radius 3 is 2.78 bits per heavy atom. The van der Waals surface area contributed by atoms with Crippen molar-refractivity contribution in [2.45, 2.75) is 26.2 Å². The number of rotatable bonds is 4.